The molecule has 1 amide bonds. The van der Waals surface area contributed by atoms with Crippen LogP contribution in [0.25, 0.3) is 0 Å². The number of hydrogen-bond acceptors (Lipinski definition) is 7. The van der Waals surface area contributed by atoms with Crippen LogP contribution in [-0.2, 0) is 6.54 Å². The molecular weight excluding hydrogens is 461 g/mol. The molecule has 4 rings (SSSR count). The van der Waals surface area contributed by atoms with Crippen molar-refractivity contribution in [2.45, 2.75) is 16.3 Å². The minimum Gasteiger partial charge on any atom is -0.492 e. The molecule has 0 unspecified atom stereocenters. The van der Waals surface area contributed by atoms with Crippen LogP contribution in [0.15, 0.2) is 89.2 Å². The molecule has 0 bridgehead atoms. The van der Waals surface area contributed by atoms with Crippen molar-refractivity contribution in [1.29, 1.82) is 0 Å². The van der Waals surface area contributed by atoms with E-state index in [0.717, 1.165) is 11.8 Å². The zero-order valence-corrected chi connectivity index (χ0v) is 18.4. The highest BCUT2D eigenvalue weighted by Crippen LogP contribution is 2.34. The van der Waals surface area contributed by atoms with Gasteiger partial charge >= 0.3 is 0 Å². The molecule has 0 saturated carbocycles. The van der Waals surface area contributed by atoms with Crippen molar-refractivity contribution < 1.29 is 18.8 Å². The van der Waals surface area contributed by atoms with E-state index in [4.69, 9.17) is 4.74 Å². The van der Waals surface area contributed by atoms with E-state index in [9.17, 15) is 19.3 Å². The SMILES string of the molecule is O=C(Nc1cccc(OCCn2cncn2)c1)c1cc([N+](=O)[O-])ccc1Sc1ccccc1F. The third-order valence-electron chi connectivity index (χ3n) is 4.62. The number of amides is 1. The van der Waals surface area contributed by atoms with Crippen LogP contribution in [0.3, 0.4) is 0 Å². The van der Waals surface area contributed by atoms with Crippen LogP contribution >= 0.6 is 11.8 Å². The molecule has 3 aromatic carbocycles. The second-order valence-electron chi connectivity index (χ2n) is 6.96. The molecule has 0 spiro atoms. The van der Waals surface area contributed by atoms with Crippen LogP contribution < -0.4 is 10.1 Å². The molecule has 1 heterocycles. The zero-order valence-electron chi connectivity index (χ0n) is 17.6. The summed E-state index contributed by atoms with van der Waals surface area (Å²) in [6.45, 7) is 0.843. The number of benzene rings is 3. The normalized spacial score (nSPS) is 10.6. The maximum Gasteiger partial charge on any atom is 0.270 e. The van der Waals surface area contributed by atoms with Crippen molar-refractivity contribution in [3.63, 3.8) is 0 Å². The number of nitrogens with one attached hydrogen (secondary N) is 1. The topological polar surface area (TPSA) is 112 Å². The summed E-state index contributed by atoms with van der Waals surface area (Å²) in [5.74, 6) is -0.492. The molecular formula is C23H18FN5O4S. The number of carbonyl (C=O) groups excluding carboxylic acids is 1. The highest BCUT2D eigenvalue weighted by atomic mass is 32.2. The first-order valence-electron chi connectivity index (χ1n) is 10.1. The van der Waals surface area contributed by atoms with E-state index in [1.54, 1.807) is 53.5 Å². The van der Waals surface area contributed by atoms with E-state index >= 15 is 0 Å². The quantitative estimate of drug-likeness (QED) is 0.271. The molecule has 0 radical (unpaired) electrons. The molecule has 0 aliphatic rings. The van der Waals surface area contributed by atoms with Gasteiger partial charge in [-0.1, -0.05) is 30.0 Å². The Bertz CT molecular complexity index is 1320. The number of carbonyl (C=O) groups is 1. The fourth-order valence-corrected chi connectivity index (χ4v) is 3.96. The zero-order chi connectivity index (χ0) is 23.9. The molecule has 9 nitrogen and oxygen atoms in total. The summed E-state index contributed by atoms with van der Waals surface area (Å²) in [5, 5.41) is 18.0. The Morgan fingerprint density at radius 1 is 1.12 bits per heavy atom. The van der Waals surface area contributed by atoms with E-state index in [2.05, 4.69) is 15.4 Å². The Morgan fingerprint density at radius 3 is 2.74 bits per heavy atom. The summed E-state index contributed by atoms with van der Waals surface area (Å²) < 4.78 is 21.5. The summed E-state index contributed by atoms with van der Waals surface area (Å²) in [6.07, 6.45) is 3.01. The summed E-state index contributed by atoms with van der Waals surface area (Å²) in [5.41, 5.74) is 0.254. The number of aromatic nitrogens is 3. The van der Waals surface area contributed by atoms with Crippen LogP contribution in [0.5, 0.6) is 5.75 Å². The molecule has 0 aliphatic carbocycles. The van der Waals surface area contributed by atoms with Crippen LogP contribution in [0.2, 0.25) is 0 Å². The second kappa shape index (κ2) is 10.6. The lowest BCUT2D eigenvalue weighted by Gasteiger charge is -2.12. The molecule has 0 aliphatic heterocycles. The maximum atomic E-state index is 14.1. The fraction of sp³-hybridized carbons (Fsp3) is 0.0870. The number of halogens is 1. The standard InChI is InChI=1S/C23H18FN5O4S/c24-20-6-1-2-7-22(20)34-21-9-8-17(29(31)32)13-19(21)23(30)27-16-4-3-5-18(12-16)33-11-10-28-15-25-14-26-28/h1-9,12-15H,10-11H2,(H,27,30). The van der Waals surface area contributed by atoms with Gasteiger partial charge in [0, 0.05) is 33.7 Å². The molecule has 0 fully saturated rings. The highest BCUT2D eigenvalue weighted by Gasteiger charge is 2.19. The summed E-state index contributed by atoms with van der Waals surface area (Å²) >= 11 is 1.02. The van der Waals surface area contributed by atoms with Gasteiger partial charge in [0.1, 0.15) is 30.8 Å². The van der Waals surface area contributed by atoms with Gasteiger partial charge in [-0.25, -0.2) is 14.1 Å². The lowest BCUT2D eigenvalue weighted by Crippen LogP contribution is -2.14. The summed E-state index contributed by atoms with van der Waals surface area (Å²) in [7, 11) is 0. The van der Waals surface area contributed by atoms with Crippen LogP contribution in [0.1, 0.15) is 10.4 Å². The Kier molecular flexibility index (Phi) is 7.13. The molecule has 0 saturated heterocycles. The van der Waals surface area contributed by atoms with Crippen LogP contribution in [0, 0.1) is 15.9 Å². The fourth-order valence-electron chi connectivity index (χ4n) is 3.01. The predicted molar refractivity (Wildman–Crippen MR) is 124 cm³/mol. The first kappa shape index (κ1) is 22.9. The summed E-state index contributed by atoms with van der Waals surface area (Å²) in [6, 6.07) is 16.8. The molecule has 4 aromatic rings. The van der Waals surface area contributed by atoms with Crippen LogP contribution in [-0.4, -0.2) is 32.2 Å². The average Bonchev–Trinajstić information content (AvgIpc) is 3.34. The van der Waals surface area contributed by atoms with Gasteiger partial charge in [-0.3, -0.25) is 14.9 Å². The Hall–Kier alpha value is -4.25. The van der Waals surface area contributed by atoms with Gasteiger partial charge < -0.3 is 10.1 Å². The van der Waals surface area contributed by atoms with Gasteiger partial charge in [0.25, 0.3) is 11.6 Å². The minimum absolute atomic E-state index is 0.0555. The van der Waals surface area contributed by atoms with E-state index in [1.807, 2.05) is 0 Å². The number of rotatable bonds is 9. The summed E-state index contributed by atoms with van der Waals surface area (Å²) in [4.78, 5) is 28.3. The molecule has 172 valence electrons. The number of hydrogen-bond donors (Lipinski definition) is 1. The average molecular weight is 479 g/mol. The van der Waals surface area contributed by atoms with Crippen molar-refractivity contribution in [3.05, 3.63) is 101 Å². The monoisotopic (exact) mass is 479 g/mol. The first-order valence-corrected chi connectivity index (χ1v) is 10.9. The smallest absolute Gasteiger partial charge is 0.270 e. The lowest BCUT2D eigenvalue weighted by atomic mass is 10.1. The molecule has 1 N–H and O–H groups in total. The Labute approximate surface area is 197 Å². The number of nitrogens with zero attached hydrogens (tertiary/aromatic N) is 4. The largest absolute Gasteiger partial charge is 0.492 e. The lowest BCUT2D eigenvalue weighted by molar-refractivity contribution is -0.384. The molecule has 11 heteroatoms. The van der Waals surface area contributed by atoms with Gasteiger partial charge in [-0.15, -0.1) is 0 Å². The number of nitro benzene ring substituents is 1. The maximum absolute atomic E-state index is 14.1. The second-order valence-corrected chi connectivity index (χ2v) is 8.04. The van der Waals surface area contributed by atoms with Crippen molar-refractivity contribution in [2.75, 3.05) is 11.9 Å². The molecule has 0 atom stereocenters. The Morgan fingerprint density at radius 2 is 1.97 bits per heavy atom. The Balaban J connectivity index is 1.52. The number of non-ortho nitro benzene ring substituents is 1. The van der Waals surface area contributed by atoms with E-state index in [0.29, 0.717) is 34.4 Å². The van der Waals surface area contributed by atoms with E-state index < -0.39 is 16.6 Å². The third kappa shape index (κ3) is 5.75. The number of ether oxygens (including phenoxy) is 1. The third-order valence-corrected chi connectivity index (χ3v) is 5.75. The van der Waals surface area contributed by atoms with Gasteiger partial charge in [-0.05, 0) is 30.3 Å². The molecule has 34 heavy (non-hydrogen) atoms. The van der Waals surface area contributed by atoms with Gasteiger partial charge in [0.15, 0.2) is 0 Å². The van der Waals surface area contributed by atoms with Gasteiger partial charge in [0.2, 0.25) is 0 Å². The van der Waals surface area contributed by atoms with Gasteiger partial charge in [0.05, 0.1) is 17.0 Å². The first-order chi connectivity index (χ1) is 16.5. The highest BCUT2D eigenvalue weighted by molar-refractivity contribution is 7.99. The number of nitro groups is 1. The van der Waals surface area contributed by atoms with Crippen molar-refractivity contribution in [1.82, 2.24) is 14.8 Å². The minimum atomic E-state index is -0.585. The van der Waals surface area contributed by atoms with Crippen molar-refractivity contribution >= 4 is 29.0 Å². The number of anilines is 1. The predicted octanol–water partition coefficient (Wildman–Crippen LogP) is 4.81. The van der Waals surface area contributed by atoms with Crippen LogP contribution in [0.4, 0.5) is 15.8 Å². The van der Waals surface area contributed by atoms with E-state index in [1.165, 1.54) is 30.6 Å². The van der Waals surface area contributed by atoms with Gasteiger partial charge in [-0.2, -0.15) is 5.10 Å². The van der Waals surface area contributed by atoms with E-state index in [-0.39, 0.29) is 11.3 Å². The molecule has 1 aromatic heterocycles. The van der Waals surface area contributed by atoms with Crippen molar-refractivity contribution in [2.24, 2.45) is 0 Å². The van der Waals surface area contributed by atoms with Crippen molar-refractivity contribution in [3.8, 4) is 5.75 Å².